The number of ketones is 6. The number of aliphatic carboxylic acids is 3. The van der Waals surface area contributed by atoms with Gasteiger partial charge in [0.05, 0.1) is 19.3 Å². The molecule has 0 heterocycles. The Bertz CT molecular complexity index is 572. The molecule has 0 aromatic carbocycles. The summed E-state index contributed by atoms with van der Waals surface area (Å²) in [6.45, 7) is 3.42. The zero-order valence-electron chi connectivity index (χ0n) is 15.1. The van der Waals surface area contributed by atoms with Crippen LogP contribution in [-0.4, -0.2) is 52.6 Å². The van der Waals surface area contributed by atoms with E-state index >= 15 is 0 Å². The van der Waals surface area contributed by atoms with E-state index in [-0.39, 0.29) is 32.7 Å². The van der Waals surface area contributed by atoms with Crippen LogP contribution in [0.4, 0.5) is 0 Å². The minimum Gasteiger partial charge on any atom is -0.542 e. The topological polar surface area (TPSA) is 223 Å². The zero-order valence-corrected chi connectivity index (χ0v) is 17.9. The van der Waals surface area contributed by atoms with E-state index in [2.05, 4.69) is 0 Å². The van der Waals surface area contributed by atoms with Gasteiger partial charge in [-0.2, -0.15) is 0 Å². The van der Waals surface area contributed by atoms with Gasteiger partial charge in [0.15, 0.2) is 17.3 Å². The zero-order chi connectivity index (χ0) is 22.3. The summed E-state index contributed by atoms with van der Waals surface area (Å²) in [6.07, 6.45) is -1.70. The molecule has 0 saturated heterocycles. The monoisotopic (exact) mass is 476 g/mol. The van der Waals surface area contributed by atoms with Gasteiger partial charge in [0, 0.05) is 0 Å². The van der Waals surface area contributed by atoms with Gasteiger partial charge < -0.3 is 29.7 Å². The molecule has 0 atom stereocenters. The summed E-state index contributed by atoms with van der Waals surface area (Å²) in [6, 6.07) is 0. The Morgan fingerprint density at radius 1 is 0.464 bits per heavy atom. The Morgan fingerprint density at radius 2 is 0.607 bits per heavy atom. The standard InChI is InChI=1S/3C5H6O4.Y/c3*1-3(6)2-4(7)5(8)9;/h3*2H2,1H3,(H,8,9);/q;;;+3/p-3. The number of carbonyl (C=O) groups is 9. The van der Waals surface area contributed by atoms with Crippen LogP contribution in [0.25, 0.3) is 0 Å². The number of carboxylic acid groups (broad SMARTS) is 3. The first kappa shape index (κ1) is 33.1. The minimum absolute atomic E-state index is 0. The molecule has 0 aromatic rings. The number of carboxylic acids is 3. The van der Waals surface area contributed by atoms with Gasteiger partial charge in [-0.25, -0.2) is 0 Å². The minimum atomic E-state index is -1.80. The maximum atomic E-state index is 10.1. The Kier molecular flexibility index (Phi) is 21.2. The molecule has 0 aliphatic heterocycles. The molecule has 28 heavy (non-hydrogen) atoms. The van der Waals surface area contributed by atoms with Crippen molar-refractivity contribution in [3.05, 3.63) is 0 Å². The van der Waals surface area contributed by atoms with Crippen LogP contribution in [0.3, 0.4) is 0 Å². The van der Waals surface area contributed by atoms with Gasteiger partial charge in [0.25, 0.3) is 0 Å². The molecular weight excluding hydrogens is 461 g/mol. The smallest absolute Gasteiger partial charge is 0.542 e. The molecule has 0 bridgehead atoms. The molecule has 150 valence electrons. The Hall–Kier alpha value is -2.47. The van der Waals surface area contributed by atoms with E-state index in [4.69, 9.17) is 0 Å². The van der Waals surface area contributed by atoms with Crippen molar-refractivity contribution in [2.75, 3.05) is 0 Å². The van der Waals surface area contributed by atoms with Gasteiger partial charge in [-0.3, -0.25) is 28.8 Å². The number of carbonyl (C=O) groups excluding carboxylic acids is 9. The molecule has 0 rings (SSSR count). The molecule has 13 heteroatoms. The first-order valence-electron chi connectivity index (χ1n) is 6.82. The van der Waals surface area contributed by atoms with Crippen LogP contribution in [0.15, 0.2) is 0 Å². The third-order valence-corrected chi connectivity index (χ3v) is 1.91. The van der Waals surface area contributed by atoms with Crippen molar-refractivity contribution < 1.29 is 91.2 Å². The summed E-state index contributed by atoms with van der Waals surface area (Å²) in [7, 11) is 0. The molecule has 0 aromatic heterocycles. The molecule has 0 spiro atoms. The van der Waals surface area contributed by atoms with Crippen LogP contribution in [0.1, 0.15) is 40.0 Å². The van der Waals surface area contributed by atoms with Crippen LogP contribution in [0.2, 0.25) is 0 Å². The molecule has 0 aliphatic rings. The third-order valence-electron chi connectivity index (χ3n) is 1.91. The Labute approximate surface area is 183 Å². The van der Waals surface area contributed by atoms with E-state index in [0.717, 1.165) is 20.8 Å². The number of Topliss-reactive ketones (excluding diaryl/α,β-unsaturated/α-hetero) is 6. The van der Waals surface area contributed by atoms with Crippen LogP contribution < -0.4 is 15.3 Å². The molecular formula is C15H15O12Y. The predicted molar refractivity (Wildman–Crippen MR) is 75.9 cm³/mol. The van der Waals surface area contributed by atoms with Gasteiger partial charge >= 0.3 is 32.7 Å². The number of hydrogen-bond acceptors (Lipinski definition) is 12. The number of rotatable bonds is 9. The van der Waals surface area contributed by atoms with E-state index in [1.807, 2.05) is 0 Å². The first-order valence-corrected chi connectivity index (χ1v) is 6.82. The van der Waals surface area contributed by atoms with E-state index in [9.17, 15) is 58.5 Å². The second-order valence-corrected chi connectivity index (χ2v) is 4.77. The summed E-state index contributed by atoms with van der Waals surface area (Å²) in [5, 5.41) is 28.9. The molecule has 0 amide bonds. The second kappa shape index (κ2) is 17.9. The molecule has 0 fully saturated rings. The van der Waals surface area contributed by atoms with E-state index in [1.165, 1.54) is 0 Å². The third kappa shape index (κ3) is 25.8. The van der Waals surface area contributed by atoms with Gasteiger partial charge in [-0.15, -0.1) is 0 Å². The molecule has 12 nitrogen and oxygen atoms in total. The summed E-state index contributed by atoms with van der Waals surface area (Å²) in [4.78, 5) is 89.2. The van der Waals surface area contributed by atoms with Crippen molar-refractivity contribution >= 4 is 52.6 Å². The first-order chi connectivity index (χ1) is 12.1. The molecule has 0 aliphatic carbocycles. The SMILES string of the molecule is CC(=O)CC(=O)C(=O)[O-].CC(=O)CC(=O)C(=O)[O-].CC(=O)CC(=O)C(=O)[O-].[Y+3]. The van der Waals surface area contributed by atoms with Crippen LogP contribution in [-0.2, 0) is 75.9 Å². The molecule has 0 radical (unpaired) electrons. The molecule has 0 saturated carbocycles. The second-order valence-electron chi connectivity index (χ2n) is 4.77. The fourth-order valence-corrected chi connectivity index (χ4v) is 0.895. The van der Waals surface area contributed by atoms with E-state index in [1.54, 1.807) is 0 Å². The van der Waals surface area contributed by atoms with Crippen molar-refractivity contribution in [1.82, 2.24) is 0 Å². The van der Waals surface area contributed by atoms with Crippen LogP contribution in [0, 0.1) is 0 Å². The van der Waals surface area contributed by atoms with Crippen molar-refractivity contribution in [2.45, 2.75) is 40.0 Å². The van der Waals surface area contributed by atoms with E-state index < -0.39 is 71.9 Å². The molecule has 0 N–H and O–H groups in total. The quantitative estimate of drug-likeness (QED) is 0.225. The predicted octanol–water partition coefficient (Wildman–Crippen LogP) is -5.15. The largest absolute Gasteiger partial charge is 3.00 e. The maximum Gasteiger partial charge on any atom is 3.00 e. The Morgan fingerprint density at radius 3 is 0.643 bits per heavy atom. The summed E-state index contributed by atoms with van der Waals surface area (Å²) in [5.41, 5.74) is 0. The Balaban J connectivity index is -0.000000152. The summed E-state index contributed by atoms with van der Waals surface area (Å²) < 4.78 is 0. The summed E-state index contributed by atoms with van der Waals surface area (Å²) >= 11 is 0. The summed E-state index contributed by atoms with van der Waals surface area (Å²) in [5.74, 6) is -10.3. The van der Waals surface area contributed by atoms with Crippen molar-refractivity contribution in [1.29, 1.82) is 0 Å². The molecule has 0 unspecified atom stereocenters. The fraction of sp³-hybridized carbons (Fsp3) is 0.400. The van der Waals surface area contributed by atoms with Gasteiger partial charge in [0.2, 0.25) is 0 Å². The van der Waals surface area contributed by atoms with Gasteiger partial charge in [-0.05, 0) is 20.8 Å². The van der Waals surface area contributed by atoms with E-state index in [0.29, 0.717) is 0 Å². The maximum absolute atomic E-state index is 10.1. The normalized spacial score (nSPS) is 8.25. The fourth-order valence-electron chi connectivity index (χ4n) is 0.895. The number of hydrogen-bond donors (Lipinski definition) is 0. The van der Waals surface area contributed by atoms with Crippen molar-refractivity contribution in [3.63, 3.8) is 0 Å². The average molecular weight is 476 g/mol. The van der Waals surface area contributed by atoms with Crippen molar-refractivity contribution in [3.8, 4) is 0 Å². The van der Waals surface area contributed by atoms with Crippen molar-refractivity contribution in [2.24, 2.45) is 0 Å². The van der Waals surface area contributed by atoms with Gasteiger partial charge in [-0.1, -0.05) is 0 Å². The average Bonchev–Trinajstić information content (AvgIpc) is 2.46. The van der Waals surface area contributed by atoms with Crippen LogP contribution in [0.5, 0.6) is 0 Å². The van der Waals surface area contributed by atoms with Crippen LogP contribution >= 0.6 is 0 Å². The van der Waals surface area contributed by atoms with Gasteiger partial charge in [0.1, 0.15) is 35.3 Å².